The smallest absolute Gasteiger partial charge is 0.180 e. The third kappa shape index (κ3) is 1.78. The zero-order valence-electron chi connectivity index (χ0n) is 8.11. The van der Waals surface area contributed by atoms with Crippen molar-refractivity contribution < 1.29 is 5.11 Å². The molecule has 1 aromatic rings. The van der Waals surface area contributed by atoms with Crippen molar-refractivity contribution in [3.63, 3.8) is 0 Å². The number of aliphatic hydroxyl groups is 1. The summed E-state index contributed by atoms with van der Waals surface area (Å²) in [4.78, 5) is 4.27. The second-order valence-corrected chi connectivity index (χ2v) is 3.81. The summed E-state index contributed by atoms with van der Waals surface area (Å²) >= 11 is 0. The van der Waals surface area contributed by atoms with Crippen LogP contribution in [0.4, 0.5) is 0 Å². The van der Waals surface area contributed by atoms with Crippen LogP contribution >= 0.6 is 0 Å². The van der Waals surface area contributed by atoms with Crippen LogP contribution < -0.4 is 5.73 Å². The first-order valence-corrected chi connectivity index (χ1v) is 5.11. The first-order valence-electron chi connectivity index (χ1n) is 5.11. The average molecular weight is 196 g/mol. The second kappa shape index (κ2) is 4.06. The van der Waals surface area contributed by atoms with Crippen LogP contribution in [0, 0.1) is 0 Å². The van der Waals surface area contributed by atoms with Gasteiger partial charge in [0.25, 0.3) is 0 Å². The molecular formula is C9H16N4O. The summed E-state index contributed by atoms with van der Waals surface area (Å²) in [6, 6.07) is 0. The molecule has 1 saturated carbocycles. The molecule has 14 heavy (non-hydrogen) atoms. The fourth-order valence-corrected chi connectivity index (χ4v) is 1.92. The molecule has 2 rings (SSSR count). The fourth-order valence-electron chi connectivity index (χ4n) is 1.92. The van der Waals surface area contributed by atoms with Crippen LogP contribution in [0.2, 0.25) is 0 Å². The summed E-state index contributed by atoms with van der Waals surface area (Å²) in [5, 5.41) is 16.3. The molecule has 1 unspecified atom stereocenters. The molecule has 0 aliphatic heterocycles. The Morgan fingerprint density at radius 3 is 2.86 bits per heavy atom. The number of aromatic amines is 1. The van der Waals surface area contributed by atoms with Crippen molar-refractivity contribution in [2.75, 3.05) is 6.54 Å². The highest BCUT2D eigenvalue weighted by molar-refractivity contribution is 5.01. The molecule has 1 atom stereocenters. The Bertz CT molecular complexity index is 293. The first kappa shape index (κ1) is 9.61. The van der Waals surface area contributed by atoms with E-state index in [0.717, 1.165) is 5.82 Å². The molecule has 1 aliphatic carbocycles. The number of H-pyrrole nitrogens is 1. The number of nitrogens with one attached hydrogen (secondary N) is 1. The van der Waals surface area contributed by atoms with Crippen LogP contribution in [-0.4, -0.2) is 26.8 Å². The van der Waals surface area contributed by atoms with Crippen molar-refractivity contribution in [2.24, 2.45) is 5.73 Å². The lowest BCUT2D eigenvalue weighted by Crippen LogP contribution is -2.13. The number of aliphatic hydroxyl groups excluding tert-OH is 1. The minimum atomic E-state index is -0.735. The standard InChI is InChI=1S/C9H16N4O/c10-5-7(14)9-11-8(12-13-9)6-3-1-2-4-6/h6-7,14H,1-5,10H2,(H,11,12,13). The van der Waals surface area contributed by atoms with E-state index in [-0.39, 0.29) is 6.54 Å². The molecule has 1 aliphatic rings. The summed E-state index contributed by atoms with van der Waals surface area (Å²) in [7, 11) is 0. The van der Waals surface area contributed by atoms with Crippen LogP contribution in [0.25, 0.3) is 0 Å². The summed E-state index contributed by atoms with van der Waals surface area (Å²) in [6.45, 7) is 0.169. The summed E-state index contributed by atoms with van der Waals surface area (Å²) in [5.74, 6) is 1.83. The number of aromatic nitrogens is 3. The molecule has 0 spiro atoms. The van der Waals surface area contributed by atoms with E-state index in [1.807, 2.05) is 0 Å². The van der Waals surface area contributed by atoms with Gasteiger partial charge in [0.1, 0.15) is 11.9 Å². The van der Waals surface area contributed by atoms with Crippen LogP contribution in [-0.2, 0) is 0 Å². The lowest BCUT2D eigenvalue weighted by molar-refractivity contribution is 0.177. The zero-order chi connectivity index (χ0) is 9.97. The summed E-state index contributed by atoms with van der Waals surface area (Å²) in [6.07, 6.45) is 4.14. The average Bonchev–Trinajstić information content (AvgIpc) is 2.86. The number of nitrogens with two attached hydrogens (primary N) is 1. The lowest BCUT2D eigenvalue weighted by atomic mass is 10.1. The van der Waals surface area contributed by atoms with Gasteiger partial charge in [-0.3, -0.25) is 5.10 Å². The topological polar surface area (TPSA) is 87.8 Å². The zero-order valence-corrected chi connectivity index (χ0v) is 8.11. The van der Waals surface area contributed by atoms with Gasteiger partial charge >= 0.3 is 0 Å². The minimum absolute atomic E-state index is 0.169. The predicted molar refractivity (Wildman–Crippen MR) is 51.6 cm³/mol. The van der Waals surface area contributed by atoms with Gasteiger partial charge < -0.3 is 10.8 Å². The Balaban J connectivity index is 2.08. The normalized spacial score (nSPS) is 20.1. The lowest BCUT2D eigenvalue weighted by Gasteiger charge is -2.03. The molecule has 1 fully saturated rings. The Morgan fingerprint density at radius 1 is 1.50 bits per heavy atom. The highest BCUT2D eigenvalue weighted by atomic mass is 16.3. The molecule has 4 N–H and O–H groups in total. The van der Waals surface area contributed by atoms with Gasteiger partial charge in [0.05, 0.1) is 0 Å². The highest BCUT2D eigenvalue weighted by Crippen LogP contribution is 2.32. The molecule has 5 heteroatoms. The quantitative estimate of drug-likeness (QED) is 0.655. The van der Waals surface area contributed by atoms with Gasteiger partial charge in [0, 0.05) is 12.5 Å². The molecule has 5 nitrogen and oxygen atoms in total. The molecule has 0 aromatic carbocycles. The number of hydrogen-bond acceptors (Lipinski definition) is 4. The largest absolute Gasteiger partial charge is 0.384 e. The molecule has 78 valence electrons. The van der Waals surface area contributed by atoms with Crippen molar-refractivity contribution in [2.45, 2.75) is 37.7 Å². The third-order valence-corrected chi connectivity index (χ3v) is 2.78. The van der Waals surface area contributed by atoms with Crippen molar-refractivity contribution in [3.8, 4) is 0 Å². The predicted octanol–water partition coefficient (Wildman–Crippen LogP) is 0.454. The highest BCUT2D eigenvalue weighted by Gasteiger charge is 2.21. The summed E-state index contributed by atoms with van der Waals surface area (Å²) in [5.41, 5.74) is 5.32. The van der Waals surface area contributed by atoms with Gasteiger partial charge in [-0.2, -0.15) is 5.10 Å². The number of nitrogens with zero attached hydrogens (tertiary/aromatic N) is 2. The minimum Gasteiger partial charge on any atom is -0.384 e. The fraction of sp³-hybridized carbons (Fsp3) is 0.778. The van der Waals surface area contributed by atoms with E-state index in [9.17, 15) is 5.11 Å². The first-order chi connectivity index (χ1) is 6.81. The van der Waals surface area contributed by atoms with Gasteiger partial charge in [-0.05, 0) is 12.8 Å². The van der Waals surface area contributed by atoms with Crippen molar-refractivity contribution in [1.29, 1.82) is 0 Å². The van der Waals surface area contributed by atoms with Crippen molar-refractivity contribution >= 4 is 0 Å². The number of rotatable bonds is 3. The van der Waals surface area contributed by atoms with Crippen molar-refractivity contribution in [3.05, 3.63) is 11.6 Å². The monoisotopic (exact) mass is 196 g/mol. The Labute approximate surface area is 82.7 Å². The molecule has 0 bridgehead atoms. The molecule has 0 saturated heterocycles. The Kier molecular flexibility index (Phi) is 2.79. The van der Waals surface area contributed by atoms with Crippen LogP contribution in [0.15, 0.2) is 0 Å². The van der Waals surface area contributed by atoms with E-state index in [4.69, 9.17) is 5.73 Å². The van der Waals surface area contributed by atoms with Crippen molar-refractivity contribution in [1.82, 2.24) is 15.2 Å². The van der Waals surface area contributed by atoms with Gasteiger partial charge in [0.2, 0.25) is 0 Å². The van der Waals surface area contributed by atoms with Crippen LogP contribution in [0.3, 0.4) is 0 Å². The molecule has 1 heterocycles. The third-order valence-electron chi connectivity index (χ3n) is 2.78. The van der Waals surface area contributed by atoms with E-state index >= 15 is 0 Å². The van der Waals surface area contributed by atoms with E-state index < -0.39 is 6.10 Å². The van der Waals surface area contributed by atoms with Gasteiger partial charge in [-0.25, -0.2) is 4.98 Å². The van der Waals surface area contributed by atoms with Crippen LogP contribution in [0.5, 0.6) is 0 Å². The molecule has 0 amide bonds. The van der Waals surface area contributed by atoms with Gasteiger partial charge in [-0.15, -0.1) is 0 Å². The van der Waals surface area contributed by atoms with E-state index in [2.05, 4.69) is 15.2 Å². The summed E-state index contributed by atoms with van der Waals surface area (Å²) < 4.78 is 0. The second-order valence-electron chi connectivity index (χ2n) is 3.81. The maximum atomic E-state index is 9.42. The van der Waals surface area contributed by atoms with Crippen LogP contribution in [0.1, 0.15) is 49.4 Å². The SMILES string of the molecule is NCC(O)c1n[nH]c(C2CCCC2)n1. The van der Waals surface area contributed by atoms with E-state index in [1.165, 1.54) is 25.7 Å². The molecule has 1 aromatic heterocycles. The van der Waals surface area contributed by atoms with E-state index in [0.29, 0.717) is 11.7 Å². The Hall–Kier alpha value is -0.940. The van der Waals surface area contributed by atoms with Gasteiger partial charge in [0.15, 0.2) is 5.82 Å². The molecule has 0 radical (unpaired) electrons. The van der Waals surface area contributed by atoms with Gasteiger partial charge in [-0.1, -0.05) is 12.8 Å². The molecular weight excluding hydrogens is 180 g/mol. The maximum Gasteiger partial charge on any atom is 0.180 e. The van der Waals surface area contributed by atoms with E-state index in [1.54, 1.807) is 0 Å². The maximum absolute atomic E-state index is 9.42. The number of hydrogen-bond donors (Lipinski definition) is 3. The Morgan fingerprint density at radius 2 is 2.21 bits per heavy atom.